The van der Waals surface area contributed by atoms with Gasteiger partial charge in [0.05, 0.1) is 30.9 Å². The fourth-order valence-corrected chi connectivity index (χ4v) is 5.01. The Bertz CT molecular complexity index is 1250. The molecule has 2 heterocycles. The van der Waals surface area contributed by atoms with Gasteiger partial charge in [0.15, 0.2) is 17.0 Å². The van der Waals surface area contributed by atoms with E-state index in [0.29, 0.717) is 36.2 Å². The molecule has 0 radical (unpaired) electrons. The second-order valence-corrected chi connectivity index (χ2v) is 9.47. The molecule has 5 N–H and O–H groups in total. The molecule has 32 heavy (non-hydrogen) atoms. The van der Waals surface area contributed by atoms with E-state index in [9.17, 15) is 18.6 Å². The third-order valence-electron chi connectivity index (χ3n) is 6.18. The molecule has 0 bridgehead atoms. The monoisotopic (exact) mass is 461 g/mol. The van der Waals surface area contributed by atoms with Crippen LogP contribution >= 0.6 is 0 Å². The van der Waals surface area contributed by atoms with E-state index in [4.69, 9.17) is 5.14 Å². The highest BCUT2D eigenvalue weighted by molar-refractivity contribution is 7.84. The topological polar surface area (TPSA) is 178 Å². The van der Waals surface area contributed by atoms with Gasteiger partial charge in [-0.05, 0) is 24.0 Å². The maximum atomic E-state index is 11.1. The Kier molecular flexibility index (Phi) is 5.29. The molecule has 0 amide bonds. The molecule has 12 nitrogen and oxygen atoms in total. The standard InChI is InChI=1S/C19H23N7O5S/c20-32(29,30)31-8-11-5-12(7-14(11)27)26-19-17(24-25-26)18(21-9-22-19)23-16-13-4-2-1-3-10(13)6-15(16)28/h1-4,9,11-12,14-16,27-28H,5-8H2,(H2,20,29,30)(H,21,22,23)/t11?,12?,14?,15-,16+/m0/s1. The Hall–Kier alpha value is -2.71. The van der Waals surface area contributed by atoms with Crippen molar-refractivity contribution in [3.05, 3.63) is 41.7 Å². The van der Waals surface area contributed by atoms with Gasteiger partial charge >= 0.3 is 10.3 Å². The van der Waals surface area contributed by atoms with Gasteiger partial charge in [-0.3, -0.25) is 4.18 Å². The van der Waals surface area contributed by atoms with Crippen LogP contribution in [0.2, 0.25) is 0 Å². The second-order valence-electron chi connectivity index (χ2n) is 8.25. The molecular formula is C19H23N7O5S. The molecule has 3 aromatic rings. The lowest BCUT2D eigenvalue weighted by atomic mass is 10.1. The van der Waals surface area contributed by atoms with Gasteiger partial charge in [0.25, 0.3) is 0 Å². The van der Waals surface area contributed by atoms with Crippen molar-refractivity contribution in [2.45, 2.75) is 43.6 Å². The van der Waals surface area contributed by atoms with E-state index in [2.05, 4.69) is 29.8 Å². The summed E-state index contributed by atoms with van der Waals surface area (Å²) in [6, 6.07) is 7.26. The van der Waals surface area contributed by atoms with E-state index < -0.39 is 28.4 Å². The first-order chi connectivity index (χ1) is 15.3. The van der Waals surface area contributed by atoms with Crippen LogP contribution in [0, 0.1) is 5.92 Å². The van der Waals surface area contributed by atoms with Crippen LogP contribution in [0.1, 0.15) is 36.1 Å². The van der Waals surface area contributed by atoms with Crippen molar-refractivity contribution in [3.8, 4) is 0 Å². The number of aromatic nitrogens is 5. The third kappa shape index (κ3) is 3.93. The van der Waals surface area contributed by atoms with Crippen LogP contribution in [-0.4, -0.2) is 62.4 Å². The minimum Gasteiger partial charge on any atom is -0.393 e. The van der Waals surface area contributed by atoms with Crippen molar-refractivity contribution in [2.24, 2.45) is 11.1 Å². The zero-order valence-electron chi connectivity index (χ0n) is 16.9. The first-order valence-electron chi connectivity index (χ1n) is 10.2. The van der Waals surface area contributed by atoms with Crippen LogP contribution in [0.3, 0.4) is 0 Å². The largest absolute Gasteiger partial charge is 0.393 e. The summed E-state index contributed by atoms with van der Waals surface area (Å²) < 4.78 is 28.4. The molecule has 13 heteroatoms. The average molecular weight is 462 g/mol. The fourth-order valence-electron chi connectivity index (χ4n) is 4.65. The van der Waals surface area contributed by atoms with Crippen molar-refractivity contribution >= 4 is 27.3 Å². The maximum absolute atomic E-state index is 11.1. The van der Waals surface area contributed by atoms with Gasteiger partial charge in [0.2, 0.25) is 0 Å². The van der Waals surface area contributed by atoms with Gasteiger partial charge in [-0.1, -0.05) is 29.5 Å². The van der Waals surface area contributed by atoms with Crippen molar-refractivity contribution < 1.29 is 22.8 Å². The summed E-state index contributed by atoms with van der Waals surface area (Å²) in [5.74, 6) is 0.0387. The summed E-state index contributed by atoms with van der Waals surface area (Å²) >= 11 is 0. The lowest BCUT2D eigenvalue weighted by molar-refractivity contribution is 0.100. The Morgan fingerprint density at radius 3 is 2.81 bits per heavy atom. The number of nitrogens with zero attached hydrogens (tertiary/aromatic N) is 5. The van der Waals surface area contributed by atoms with Gasteiger partial charge in [-0.15, -0.1) is 5.10 Å². The highest BCUT2D eigenvalue weighted by atomic mass is 32.2. The molecule has 5 rings (SSSR count). The molecule has 1 saturated carbocycles. The van der Waals surface area contributed by atoms with Gasteiger partial charge in [0.1, 0.15) is 6.33 Å². The number of hydrogen-bond donors (Lipinski definition) is 4. The molecule has 0 saturated heterocycles. The van der Waals surface area contributed by atoms with Crippen LogP contribution < -0.4 is 10.5 Å². The molecular weight excluding hydrogens is 438 g/mol. The fraction of sp³-hybridized carbons (Fsp3) is 0.474. The lowest BCUT2D eigenvalue weighted by Crippen LogP contribution is -2.24. The zero-order chi connectivity index (χ0) is 22.5. The normalized spacial score (nSPS) is 27.7. The predicted molar refractivity (Wildman–Crippen MR) is 112 cm³/mol. The number of benzene rings is 1. The minimum absolute atomic E-state index is 0.204. The number of aliphatic hydroxyl groups is 2. The molecule has 1 aromatic carbocycles. The molecule has 0 aliphatic heterocycles. The first kappa shape index (κ1) is 21.2. The minimum atomic E-state index is -4.08. The van der Waals surface area contributed by atoms with E-state index in [1.54, 1.807) is 4.68 Å². The Labute approximate surface area is 183 Å². The number of aliphatic hydroxyl groups excluding tert-OH is 2. The van der Waals surface area contributed by atoms with E-state index in [1.807, 2.05) is 24.3 Å². The zero-order valence-corrected chi connectivity index (χ0v) is 17.8. The molecule has 1 fully saturated rings. The summed E-state index contributed by atoms with van der Waals surface area (Å²) in [4.78, 5) is 8.62. The summed E-state index contributed by atoms with van der Waals surface area (Å²) in [7, 11) is -4.08. The smallest absolute Gasteiger partial charge is 0.333 e. The molecule has 3 unspecified atom stereocenters. The maximum Gasteiger partial charge on any atom is 0.333 e. The van der Waals surface area contributed by atoms with E-state index in [-0.39, 0.29) is 18.7 Å². The van der Waals surface area contributed by atoms with Crippen LogP contribution in [-0.2, 0) is 20.9 Å². The first-order valence-corrected chi connectivity index (χ1v) is 11.7. The molecule has 2 aromatic heterocycles. The summed E-state index contributed by atoms with van der Waals surface area (Å²) in [5.41, 5.74) is 3.02. The average Bonchev–Trinajstić information content (AvgIpc) is 3.42. The number of rotatable bonds is 6. The van der Waals surface area contributed by atoms with Gasteiger partial charge in [-0.25, -0.2) is 19.8 Å². The Morgan fingerprint density at radius 1 is 1.19 bits per heavy atom. The van der Waals surface area contributed by atoms with Gasteiger partial charge in [-0.2, -0.15) is 8.42 Å². The number of nitrogens with one attached hydrogen (secondary N) is 1. The number of anilines is 1. The van der Waals surface area contributed by atoms with Crippen LogP contribution in [0.4, 0.5) is 5.82 Å². The van der Waals surface area contributed by atoms with Crippen LogP contribution in [0.15, 0.2) is 30.6 Å². The van der Waals surface area contributed by atoms with Crippen molar-refractivity contribution in [1.82, 2.24) is 25.0 Å². The molecule has 2 aliphatic rings. The third-order valence-corrected chi connectivity index (χ3v) is 6.65. The predicted octanol–water partition coefficient (Wildman–Crippen LogP) is -0.176. The van der Waals surface area contributed by atoms with Crippen LogP contribution in [0.5, 0.6) is 0 Å². The number of fused-ring (bicyclic) bond motifs is 2. The van der Waals surface area contributed by atoms with Crippen LogP contribution in [0.25, 0.3) is 11.2 Å². The summed E-state index contributed by atoms with van der Waals surface area (Å²) in [5, 5.41) is 37.5. The summed E-state index contributed by atoms with van der Waals surface area (Å²) in [6.07, 6.45) is 1.35. The van der Waals surface area contributed by atoms with E-state index in [1.165, 1.54) is 6.33 Å². The molecule has 170 valence electrons. The quantitative estimate of drug-likeness (QED) is 0.385. The molecule has 5 atom stereocenters. The lowest BCUT2D eigenvalue weighted by Gasteiger charge is -2.18. The molecule has 2 aliphatic carbocycles. The van der Waals surface area contributed by atoms with Crippen molar-refractivity contribution in [2.75, 3.05) is 11.9 Å². The summed E-state index contributed by atoms with van der Waals surface area (Å²) in [6.45, 7) is -0.204. The second kappa shape index (κ2) is 8.01. The highest BCUT2D eigenvalue weighted by Crippen LogP contribution is 2.38. The Balaban J connectivity index is 1.38. The van der Waals surface area contributed by atoms with E-state index >= 15 is 0 Å². The number of nitrogens with two attached hydrogens (primary N) is 1. The Morgan fingerprint density at radius 2 is 2.00 bits per heavy atom. The molecule has 0 spiro atoms. The van der Waals surface area contributed by atoms with Crippen molar-refractivity contribution in [3.63, 3.8) is 0 Å². The van der Waals surface area contributed by atoms with Gasteiger partial charge < -0.3 is 15.5 Å². The van der Waals surface area contributed by atoms with Gasteiger partial charge in [0, 0.05) is 12.3 Å². The SMILES string of the molecule is NS(=O)(=O)OCC1CC(n2nnc3c(N[C@@H]4c5ccccc5C[C@@H]4O)ncnc32)CC1O. The van der Waals surface area contributed by atoms with E-state index in [0.717, 1.165) is 11.1 Å². The van der Waals surface area contributed by atoms with Crippen molar-refractivity contribution in [1.29, 1.82) is 0 Å². The highest BCUT2D eigenvalue weighted by Gasteiger charge is 2.37. The number of hydrogen-bond acceptors (Lipinski definition) is 10.